The molecule has 3 aromatic carbocycles. The molecular weight excluding hydrogens is 650 g/mol. The summed E-state index contributed by atoms with van der Waals surface area (Å²) >= 11 is 0. The van der Waals surface area contributed by atoms with Gasteiger partial charge in [-0.05, 0) is 41.0 Å². The molecule has 4 heterocycles. The van der Waals surface area contributed by atoms with Gasteiger partial charge in [-0.1, -0.05) is 54.6 Å². The van der Waals surface area contributed by atoms with Gasteiger partial charge in [-0.15, -0.1) is 0 Å². The lowest BCUT2D eigenvalue weighted by Gasteiger charge is -2.37. The molecule has 3 N–H and O–H groups in total. The van der Waals surface area contributed by atoms with Crippen LogP contribution in [0.15, 0.2) is 91.5 Å². The molecule has 2 fully saturated rings. The predicted octanol–water partition coefficient (Wildman–Crippen LogP) is 4.63. The molecular formula is C38H43N7O6. The highest BCUT2D eigenvalue weighted by Gasteiger charge is 2.43. The summed E-state index contributed by atoms with van der Waals surface area (Å²) in [6.45, 7) is 4.28. The molecule has 0 bridgehead atoms. The molecule has 2 saturated heterocycles. The van der Waals surface area contributed by atoms with Gasteiger partial charge in [0, 0.05) is 19.5 Å². The van der Waals surface area contributed by atoms with Crippen LogP contribution in [0.3, 0.4) is 0 Å². The molecule has 0 saturated carbocycles. The molecule has 5 aromatic rings. The molecule has 7 rings (SSSR count). The van der Waals surface area contributed by atoms with E-state index in [1.807, 2.05) is 71.3 Å². The molecule has 0 spiro atoms. The molecule has 2 aliphatic rings. The number of imidazole rings is 1. The third-order valence-corrected chi connectivity index (χ3v) is 8.91. The number of hydrogen-bond donors (Lipinski definition) is 2. The minimum atomic E-state index is -1.03. The van der Waals surface area contributed by atoms with Crippen molar-refractivity contribution in [3.05, 3.63) is 108 Å². The van der Waals surface area contributed by atoms with Gasteiger partial charge in [0.2, 0.25) is 0 Å². The van der Waals surface area contributed by atoms with Gasteiger partial charge in [0.25, 0.3) is 0 Å². The number of nitriles is 1. The molecule has 2 aliphatic heterocycles. The highest BCUT2D eigenvalue weighted by atomic mass is 16.6. The van der Waals surface area contributed by atoms with Crippen molar-refractivity contribution in [3.8, 4) is 17.6 Å². The first-order chi connectivity index (χ1) is 25.1. The number of rotatable bonds is 12. The Morgan fingerprint density at radius 3 is 2.12 bits per heavy atom. The maximum atomic E-state index is 9.17. The highest BCUT2D eigenvalue weighted by molar-refractivity contribution is 5.81. The van der Waals surface area contributed by atoms with Crippen molar-refractivity contribution in [1.82, 2.24) is 24.8 Å². The second kappa shape index (κ2) is 17.2. The number of nitrogens with one attached hydrogen (secondary N) is 1. The summed E-state index contributed by atoms with van der Waals surface area (Å²) in [6, 6.07) is 28.0. The number of anilines is 1. The SMILES string of the molecule is C1COCCN1.COc1ccc(C(OC[C@H]2O[C@@H](n3cnc4c(N)ncnc43)C[C@@H]2OCCC#N)(c2ccccc2)c2ccc(OC)cc2)cc1. The van der Waals surface area contributed by atoms with Crippen LogP contribution in [0.25, 0.3) is 11.2 Å². The average molecular weight is 694 g/mol. The highest BCUT2D eigenvalue weighted by Crippen LogP contribution is 2.43. The van der Waals surface area contributed by atoms with Gasteiger partial charge in [0.1, 0.15) is 41.3 Å². The maximum Gasteiger partial charge on any atom is 0.167 e. The van der Waals surface area contributed by atoms with Crippen molar-refractivity contribution in [1.29, 1.82) is 5.26 Å². The van der Waals surface area contributed by atoms with Crippen molar-refractivity contribution in [2.45, 2.75) is 36.9 Å². The molecule has 0 amide bonds. The first kappa shape index (κ1) is 35.7. The van der Waals surface area contributed by atoms with Gasteiger partial charge >= 0.3 is 0 Å². The van der Waals surface area contributed by atoms with Gasteiger partial charge in [-0.3, -0.25) is 4.57 Å². The first-order valence-electron chi connectivity index (χ1n) is 16.9. The van der Waals surface area contributed by atoms with E-state index in [1.165, 1.54) is 6.33 Å². The number of methoxy groups -OCH3 is 2. The quantitative estimate of drug-likeness (QED) is 0.138. The number of hydrogen-bond acceptors (Lipinski definition) is 12. The summed E-state index contributed by atoms with van der Waals surface area (Å²) in [6.07, 6.45) is 2.53. The summed E-state index contributed by atoms with van der Waals surface area (Å²) in [5.41, 5.74) is 8.84. The van der Waals surface area contributed by atoms with E-state index in [4.69, 9.17) is 34.2 Å². The zero-order chi connectivity index (χ0) is 35.5. The molecule has 2 aromatic heterocycles. The van der Waals surface area contributed by atoms with Gasteiger partial charge in [-0.2, -0.15) is 5.26 Å². The van der Waals surface area contributed by atoms with Crippen molar-refractivity contribution >= 4 is 17.0 Å². The van der Waals surface area contributed by atoms with E-state index in [2.05, 4.69) is 38.5 Å². The fraction of sp³-hybridized carbons (Fsp3) is 0.368. The monoisotopic (exact) mass is 693 g/mol. The average Bonchev–Trinajstić information content (AvgIpc) is 3.82. The van der Waals surface area contributed by atoms with E-state index in [9.17, 15) is 5.26 Å². The lowest BCUT2D eigenvalue weighted by molar-refractivity contribution is -0.103. The Balaban J connectivity index is 0.000000677. The number of aromatic nitrogens is 4. The summed E-state index contributed by atoms with van der Waals surface area (Å²) in [4.78, 5) is 12.9. The molecule has 13 heteroatoms. The zero-order valence-corrected chi connectivity index (χ0v) is 28.8. The summed E-state index contributed by atoms with van der Waals surface area (Å²) in [7, 11) is 3.28. The number of fused-ring (bicyclic) bond motifs is 1. The Morgan fingerprint density at radius 1 is 0.902 bits per heavy atom. The lowest BCUT2D eigenvalue weighted by Crippen LogP contribution is -2.38. The summed E-state index contributed by atoms with van der Waals surface area (Å²) in [5.74, 6) is 1.77. The molecule has 13 nitrogen and oxygen atoms in total. The second-order valence-electron chi connectivity index (χ2n) is 11.9. The Hall–Kier alpha value is -5.10. The lowest BCUT2D eigenvalue weighted by atomic mass is 9.80. The van der Waals surface area contributed by atoms with E-state index in [0.29, 0.717) is 23.4 Å². The number of nitrogens with zero attached hydrogens (tertiary/aromatic N) is 5. The maximum absolute atomic E-state index is 9.17. The van der Waals surface area contributed by atoms with Crippen LogP contribution in [0.5, 0.6) is 11.5 Å². The van der Waals surface area contributed by atoms with Crippen LogP contribution in [-0.2, 0) is 24.5 Å². The van der Waals surface area contributed by atoms with Crippen LogP contribution in [0.4, 0.5) is 5.82 Å². The Morgan fingerprint density at radius 2 is 1.55 bits per heavy atom. The molecule has 0 radical (unpaired) electrons. The van der Waals surface area contributed by atoms with Gasteiger partial charge in [-0.25, -0.2) is 15.0 Å². The predicted molar refractivity (Wildman–Crippen MR) is 190 cm³/mol. The van der Waals surface area contributed by atoms with E-state index >= 15 is 0 Å². The van der Waals surface area contributed by atoms with E-state index in [1.54, 1.807) is 20.5 Å². The van der Waals surface area contributed by atoms with Gasteiger partial charge < -0.3 is 39.5 Å². The minimum Gasteiger partial charge on any atom is -0.497 e. The third kappa shape index (κ3) is 8.12. The molecule has 51 heavy (non-hydrogen) atoms. The first-order valence-corrected chi connectivity index (χ1v) is 16.9. The van der Waals surface area contributed by atoms with Crippen molar-refractivity contribution < 1.29 is 28.4 Å². The van der Waals surface area contributed by atoms with Crippen LogP contribution in [0, 0.1) is 11.3 Å². The number of benzene rings is 3. The van der Waals surface area contributed by atoms with Crippen LogP contribution >= 0.6 is 0 Å². The molecule has 0 aliphatic carbocycles. The van der Waals surface area contributed by atoms with E-state index in [0.717, 1.165) is 54.5 Å². The van der Waals surface area contributed by atoms with Gasteiger partial charge in [0.05, 0.1) is 65.6 Å². The number of nitrogen functional groups attached to an aromatic ring is 1. The summed E-state index contributed by atoms with van der Waals surface area (Å²) in [5, 5.41) is 12.3. The molecule has 0 unspecified atom stereocenters. The molecule has 266 valence electrons. The number of nitrogens with two attached hydrogens (primary N) is 1. The largest absolute Gasteiger partial charge is 0.497 e. The second-order valence-corrected chi connectivity index (χ2v) is 11.9. The number of ether oxygens (including phenoxy) is 6. The van der Waals surface area contributed by atoms with Crippen molar-refractivity contribution in [2.24, 2.45) is 0 Å². The van der Waals surface area contributed by atoms with Crippen LogP contribution < -0.4 is 20.5 Å². The van der Waals surface area contributed by atoms with Crippen molar-refractivity contribution in [2.75, 3.05) is 59.5 Å². The Bertz CT molecular complexity index is 1800. The normalized spacial score (nSPS) is 18.8. The third-order valence-electron chi connectivity index (χ3n) is 8.91. The Labute approximate surface area is 297 Å². The fourth-order valence-corrected chi connectivity index (χ4v) is 6.33. The van der Waals surface area contributed by atoms with Crippen LogP contribution in [0.2, 0.25) is 0 Å². The van der Waals surface area contributed by atoms with Crippen molar-refractivity contribution in [3.63, 3.8) is 0 Å². The molecule has 3 atom stereocenters. The zero-order valence-electron chi connectivity index (χ0n) is 28.8. The van der Waals surface area contributed by atoms with Gasteiger partial charge in [0.15, 0.2) is 11.5 Å². The van der Waals surface area contributed by atoms with Crippen LogP contribution in [0.1, 0.15) is 35.8 Å². The van der Waals surface area contributed by atoms with E-state index in [-0.39, 0.29) is 25.7 Å². The standard InChI is InChI=1S/C34H34N6O5.C4H9NO/c1-41-26-13-9-24(10-14-26)34(23-7-4-3-5-8-23,25-11-15-27(42-2)16-12-25)44-20-29-28(43-18-6-17-35)19-30(45-29)40-22-39-31-32(36)37-21-38-33(31)40;1-3-6-4-2-5-1/h3-5,7-16,21-22,28-30H,6,18-20H2,1-2H3,(H2,36,37,38);5H,1-4H2/t28-,29+,30+;/m0./s1. The smallest absolute Gasteiger partial charge is 0.167 e. The fourth-order valence-electron chi connectivity index (χ4n) is 6.33. The van der Waals surface area contributed by atoms with E-state index < -0.39 is 17.9 Å². The Kier molecular flexibility index (Phi) is 12.1. The minimum absolute atomic E-state index is 0.171. The summed E-state index contributed by atoms with van der Waals surface area (Å²) < 4.78 is 37.7. The number of morpholine rings is 1. The van der Waals surface area contributed by atoms with Crippen LogP contribution in [-0.4, -0.2) is 85.5 Å². The topological polar surface area (TPSA) is 161 Å².